The number of rotatable bonds is 5. The summed E-state index contributed by atoms with van der Waals surface area (Å²) in [7, 11) is 0. The second kappa shape index (κ2) is 7.59. The number of hydrogen-bond donors (Lipinski definition) is 1. The summed E-state index contributed by atoms with van der Waals surface area (Å²) < 4.78 is 7.09. The number of nitrogens with zero attached hydrogens (tertiary/aromatic N) is 2. The van der Waals surface area contributed by atoms with Gasteiger partial charge in [-0.3, -0.25) is 4.79 Å². The maximum atomic E-state index is 12.2. The van der Waals surface area contributed by atoms with Gasteiger partial charge in [-0.05, 0) is 43.3 Å². The molecule has 3 rings (SSSR count). The van der Waals surface area contributed by atoms with Crippen LogP contribution in [0.4, 0.5) is 5.69 Å². The fourth-order valence-corrected chi connectivity index (χ4v) is 2.58. The van der Waals surface area contributed by atoms with Crippen LogP contribution in [0.5, 0.6) is 5.75 Å². The largest absolute Gasteiger partial charge is 0.470 e. The number of carbonyl (C=O) groups is 1. The Labute approximate surface area is 155 Å². The third-order valence-corrected chi connectivity index (χ3v) is 3.96. The molecule has 2 aromatic carbocycles. The minimum atomic E-state index is -0.285. The monoisotopic (exact) mass is 375 g/mol. The van der Waals surface area contributed by atoms with Crippen LogP contribution in [0.25, 0.3) is 0 Å². The summed E-state index contributed by atoms with van der Waals surface area (Å²) in [5.74, 6) is 0.208. The fraction of sp³-hybridized carbons (Fsp3) is 0.111. The number of carbonyl (C=O) groups excluding carboxylic acids is 1. The summed E-state index contributed by atoms with van der Waals surface area (Å²) in [5.41, 5.74) is 2.14. The van der Waals surface area contributed by atoms with Crippen LogP contribution in [0, 0.1) is 6.92 Å². The summed E-state index contributed by atoms with van der Waals surface area (Å²) >= 11 is 11.9. The summed E-state index contributed by atoms with van der Waals surface area (Å²) in [5, 5.41) is 7.94. The van der Waals surface area contributed by atoms with E-state index in [1.54, 1.807) is 30.5 Å². The van der Waals surface area contributed by atoms with Gasteiger partial charge in [0.15, 0.2) is 12.4 Å². The van der Waals surface area contributed by atoms with Gasteiger partial charge in [0.2, 0.25) is 0 Å². The summed E-state index contributed by atoms with van der Waals surface area (Å²) in [4.78, 5) is 12.2. The Kier molecular flexibility index (Phi) is 5.26. The molecular formula is C18H15Cl2N3O2. The fourth-order valence-electron chi connectivity index (χ4n) is 2.11. The number of aromatic nitrogens is 2. The predicted molar refractivity (Wildman–Crippen MR) is 98.4 cm³/mol. The number of benzene rings is 2. The summed E-state index contributed by atoms with van der Waals surface area (Å²) in [6, 6.07) is 14.1. The highest BCUT2D eigenvalue weighted by Crippen LogP contribution is 2.27. The number of hydrogen-bond acceptors (Lipinski definition) is 3. The highest BCUT2D eigenvalue weighted by atomic mass is 35.5. The van der Waals surface area contributed by atoms with Crippen molar-refractivity contribution >= 4 is 34.8 Å². The van der Waals surface area contributed by atoms with Crippen molar-refractivity contribution < 1.29 is 9.53 Å². The van der Waals surface area contributed by atoms with Gasteiger partial charge in [0.05, 0.1) is 5.02 Å². The van der Waals surface area contributed by atoms with Crippen LogP contribution in [-0.4, -0.2) is 15.7 Å². The molecule has 1 amide bonds. The first-order valence-corrected chi connectivity index (χ1v) is 8.26. The Morgan fingerprint density at radius 3 is 2.64 bits per heavy atom. The Bertz CT molecular complexity index is 892. The lowest BCUT2D eigenvalue weighted by Crippen LogP contribution is -2.14. The minimum Gasteiger partial charge on any atom is -0.470 e. The molecule has 25 heavy (non-hydrogen) atoms. The second-order valence-corrected chi connectivity index (χ2v) is 6.25. The molecule has 0 radical (unpaired) electrons. The van der Waals surface area contributed by atoms with Gasteiger partial charge in [-0.2, -0.15) is 5.10 Å². The van der Waals surface area contributed by atoms with E-state index < -0.39 is 0 Å². The number of amides is 1. The number of anilines is 1. The third-order valence-electron chi connectivity index (χ3n) is 3.43. The number of aryl methyl sites for hydroxylation is 1. The third kappa shape index (κ3) is 4.53. The smallest absolute Gasteiger partial charge is 0.276 e. The normalized spacial score (nSPS) is 10.5. The first-order valence-electron chi connectivity index (χ1n) is 7.50. The molecule has 3 aromatic rings. The van der Waals surface area contributed by atoms with E-state index in [1.807, 2.05) is 31.2 Å². The lowest BCUT2D eigenvalue weighted by molar-refractivity contribution is 0.102. The highest BCUT2D eigenvalue weighted by molar-refractivity contribution is 6.35. The van der Waals surface area contributed by atoms with E-state index in [4.69, 9.17) is 27.9 Å². The predicted octanol–water partition coefficient (Wildman–Crippen LogP) is 4.79. The maximum Gasteiger partial charge on any atom is 0.276 e. The molecule has 5 nitrogen and oxygen atoms in total. The van der Waals surface area contributed by atoms with E-state index in [1.165, 1.54) is 4.68 Å². The molecule has 0 saturated heterocycles. The van der Waals surface area contributed by atoms with Crippen molar-refractivity contribution in [2.24, 2.45) is 0 Å². The van der Waals surface area contributed by atoms with Crippen molar-refractivity contribution in [2.45, 2.75) is 13.7 Å². The minimum absolute atomic E-state index is 0.124. The lowest BCUT2D eigenvalue weighted by atomic mass is 10.2. The van der Waals surface area contributed by atoms with Crippen molar-refractivity contribution in [3.63, 3.8) is 0 Å². The van der Waals surface area contributed by atoms with Crippen LogP contribution >= 0.6 is 23.2 Å². The number of nitrogens with one attached hydrogen (secondary N) is 1. The first-order chi connectivity index (χ1) is 12.0. The molecule has 128 valence electrons. The lowest BCUT2D eigenvalue weighted by Gasteiger charge is -2.08. The van der Waals surface area contributed by atoms with Gasteiger partial charge in [0.25, 0.3) is 5.91 Å². The van der Waals surface area contributed by atoms with Crippen molar-refractivity contribution in [1.82, 2.24) is 9.78 Å². The van der Waals surface area contributed by atoms with Gasteiger partial charge in [-0.25, -0.2) is 4.68 Å². The van der Waals surface area contributed by atoms with Crippen molar-refractivity contribution in [2.75, 3.05) is 5.32 Å². The van der Waals surface area contributed by atoms with Crippen molar-refractivity contribution in [3.8, 4) is 5.75 Å². The Morgan fingerprint density at radius 2 is 1.92 bits per heavy atom. The first kappa shape index (κ1) is 17.3. The quantitative estimate of drug-likeness (QED) is 0.697. The molecule has 1 aromatic heterocycles. The molecule has 0 atom stereocenters. The maximum absolute atomic E-state index is 12.2. The molecule has 0 saturated carbocycles. The van der Waals surface area contributed by atoms with E-state index in [0.717, 1.165) is 5.56 Å². The van der Waals surface area contributed by atoms with E-state index in [2.05, 4.69) is 10.4 Å². The molecule has 0 fully saturated rings. The molecule has 0 aliphatic carbocycles. The Balaban J connectivity index is 1.61. The summed E-state index contributed by atoms with van der Waals surface area (Å²) in [6.45, 7) is 2.11. The molecule has 7 heteroatoms. The molecule has 1 heterocycles. The highest BCUT2D eigenvalue weighted by Gasteiger charge is 2.10. The van der Waals surface area contributed by atoms with Gasteiger partial charge in [-0.15, -0.1) is 0 Å². The SMILES string of the molecule is Cc1ccc(NC(=O)c2ccn(COc3ccc(Cl)cc3Cl)n2)cc1. The van der Waals surface area contributed by atoms with Crippen molar-refractivity contribution in [3.05, 3.63) is 76.0 Å². The second-order valence-electron chi connectivity index (χ2n) is 5.41. The molecule has 0 bridgehead atoms. The number of halogens is 2. The van der Waals surface area contributed by atoms with Gasteiger partial charge in [0.1, 0.15) is 5.75 Å². The van der Waals surface area contributed by atoms with E-state index >= 15 is 0 Å². The zero-order chi connectivity index (χ0) is 17.8. The topological polar surface area (TPSA) is 56.2 Å². The molecule has 0 aliphatic heterocycles. The zero-order valence-corrected chi connectivity index (χ0v) is 14.9. The van der Waals surface area contributed by atoms with Crippen LogP contribution in [0.15, 0.2) is 54.7 Å². The van der Waals surface area contributed by atoms with E-state index in [0.29, 0.717) is 27.2 Å². The van der Waals surface area contributed by atoms with Crippen molar-refractivity contribution in [1.29, 1.82) is 0 Å². The van der Waals surface area contributed by atoms with Gasteiger partial charge >= 0.3 is 0 Å². The molecule has 0 aliphatic rings. The van der Waals surface area contributed by atoms with E-state index in [-0.39, 0.29) is 12.6 Å². The standard InChI is InChI=1S/C18H15Cl2N3O2/c1-12-2-5-14(6-3-12)21-18(24)16-8-9-23(22-16)11-25-17-7-4-13(19)10-15(17)20/h2-10H,11H2,1H3,(H,21,24). The van der Waals surface area contributed by atoms with Gasteiger partial charge < -0.3 is 10.1 Å². The Hall–Kier alpha value is -2.50. The average Bonchev–Trinajstić information content (AvgIpc) is 3.05. The molecule has 0 spiro atoms. The molecule has 1 N–H and O–H groups in total. The average molecular weight is 376 g/mol. The van der Waals surface area contributed by atoms with Gasteiger partial charge in [-0.1, -0.05) is 40.9 Å². The number of ether oxygens (including phenoxy) is 1. The van der Waals surface area contributed by atoms with Gasteiger partial charge in [0, 0.05) is 16.9 Å². The Morgan fingerprint density at radius 1 is 1.16 bits per heavy atom. The zero-order valence-electron chi connectivity index (χ0n) is 13.4. The van der Waals surface area contributed by atoms with Crippen LogP contribution in [0.3, 0.4) is 0 Å². The molecular weight excluding hydrogens is 361 g/mol. The van der Waals surface area contributed by atoms with Crippen LogP contribution in [0.1, 0.15) is 16.1 Å². The molecule has 0 unspecified atom stereocenters. The van der Waals surface area contributed by atoms with Crippen LogP contribution < -0.4 is 10.1 Å². The summed E-state index contributed by atoms with van der Waals surface area (Å²) in [6.07, 6.45) is 1.66. The van der Waals surface area contributed by atoms with Crippen LogP contribution in [0.2, 0.25) is 10.0 Å². The van der Waals surface area contributed by atoms with Crippen LogP contribution in [-0.2, 0) is 6.73 Å². The van der Waals surface area contributed by atoms with E-state index in [9.17, 15) is 4.79 Å².